The largest absolute Gasteiger partial charge is 0.303 e. The topological polar surface area (TPSA) is 24.3 Å². The van der Waals surface area contributed by atoms with E-state index in [1.54, 1.807) is 12.1 Å². The number of nitrogens with zero attached hydrogens (tertiary/aromatic N) is 4. The lowest BCUT2D eigenvalue weighted by Crippen LogP contribution is -2.38. The van der Waals surface area contributed by atoms with E-state index in [4.69, 9.17) is 0 Å². The minimum atomic E-state index is -0.130. The van der Waals surface area contributed by atoms with Gasteiger partial charge in [0.25, 0.3) is 0 Å². The fourth-order valence-corrected chi connectivity index (χ4v) is 4.23. The van der Waals surface area contributed by atoms with Crippen molar-refractivity contribution >= 4 is 0 Å². The number of benzene rings is 1. The summed E-state index contributed by atoms with van der Waals surface area (Å²) in [5.41, 5.74) is 3.61. The first-order valence-electron chi connectivity index (χ1n) is 10.7. The van der Waals surface area contributed by atoms with Crippen molar-refractivity contribution in [1.82, 2.24) is 19.6 Å². The highest BCUT2D eigenvalue weighted by molar-refractivity contribution is 5.17. The zero-order chi connectivity index (χ0) is 19.9. The minimum Gasteiger partial charge on any atom is -0.303 e. The first-order chi connectivity index (χ1) is 13.5. The SMILES string of the molecule is CCCn1cc(CN(C)CC2CCN(CCc3cccc(F)c3)CC2)c(C)n1. The van der Waals surface area contributed by atoms with Crippen LogP contribution >= 0.6 is 0 Å². The van der Waals surface area contributed by atoms with E-state index in [1.807, 2.05) is 6.07 Å². The summed E-state index contributed by atoms with van der Waals surface area (Å²) < 4.78 is 15.4. The van der Waals surface area contributed by atoms with Crippen molar-refractivity contribution in [2.24, 2.45) is 5.92 Å². The van der Waals surface area contributed by atoms with Crippen molar-refractivity contribution in [2.45, 2.75) is 52.6 Å². The Morgan fingerprint density at radius 3 is 2.71 bits per heavy atom. The molecule has 2 heterocycles. The number of aromatic nitrogens is 2. The third-order valence-electron chi connectivity index (χ3n) is 5.82. The second-order valence-corrected chi connectivity index (χ2v) is 8.36. The molecule has 5 heteroatoms. The van der Waals surface area contributed by atoms with Crippen LogP contribution in [0.5, 0.6) is 0 Å². The predicted molar refractivity (Wildman–Crippen MR) is 113 cm³/mol. The number of rotatable bonds is 9. The summed E-state index contributed by atoms with van der Waals surface area (Å²) in [7, 11) is 2.23. The van der Waals surface area contributed by atoms with E-state index in [2.05, 4.69) is 46.7 Å². The lowest BCUT2D eigenvalue weighted by atomic mass is 9.96. The third kappa shape index (κ3) is 6.14. The molecule has 1 aromatic heterocycles. The van der Waals surface area contributed by atoms with Gasteiger partial charge in [0.05, 0.1) is 5.69 Å². The highest BCUT2D eigenvalue weighted by Gasteiger charge is 2.20. The molecular formula is C23H35FN4. The van der Waals surface area contributed by atoms with Crippen molar-refractivity contribution < 1.29 is 4.39 Å². The maximum absolute atomic E-state index is 13.3. The fraction of sp³-hybridized carbons (Fsp3) is 0.609. The molecule has 1 aliphatic heterocycles. The van der Waals surface area contributed by atoms with Gasteiger partial charge in [-0.2, -0.15) is 5.10 Å². The van der Waals surface area contributed by atoms with Gasteiger partial charge in [-0.05, 0) is 76.4 Å². The molecule has 1 fully saturated rings. The van der Waals surface area contributed by atoms with E-state index >= 15 is 0 Å². The standard InChI is InChI=1S/C23H35FN4/c1-4-11-28-18-22(19(2)25-28)17-26(3)16-21-9-13-27(14-10-21)12-8-20-6-5-7-23(24)15-20/h5-7,15,18,21H,4,8-14,16-17H2,1-3H3. The second-order valence-electron chi connectivity index (χ2n) is 8.36. The van der Waals surface area contributed by atoms with Crippen molar-refractivity contribution in [3.8, 4) is 0 Å². The van der Waals surface area contributed by atoms with E-state index < -0.39 is 0 Å². The van der Waals surface area contributed by atoms with Gasteiger partial charge in [-0.25, -0.2) is 4.39 Å². The Hall–Kier alpha value is -1.72. The molecule has 2 aromatic rings. The maximum atomic E-state index is 13.3. The second kappa shape index (κ2) is 10.2. The summed E-state index contributed by atoms with van der Waals surface area (Å²) in [5.74, 6) is 0.635. The summed E-state index contributed by atoms with van der Waals surface area (Å²) in [6, 6.07) is 7.00. The normalized spacial score (nSPS) is 16.2. The van der Waals surface area contributed by atoms with Gasteiger partial charge >= 0.3 is 0 Å². The molecule has 0 aliphatic carbocycles. The van der Waals surface area contributed by atoms with Crippen molar-refractivity contribution in [2.75, 3.05) is 33.2 Å². The molecule has 4 nitrogen and oxygen atoms in total. The van der Waals surface area contributed by atoms with Crippen LogP contribution in [0.3, 0.4) is 0 Å². The van der Waals surface area contributed by atoms with Crippen molar-refractivity contribution in [3.05, 3.63) is 53.1 Å². The van der Waals surface area contributed by atoms with Crippen LogP contribution in [-0.2, 0) is 19.5 Å². The Morgan fingerprint density at radius 2 is 2.00 bits per heavy atom. The Labute approximate surface area is 169 Å². The Kier molecular flexibility index (Phi) is 7.63. The zero-order valence-corrected chi connectivity index (χ0v) is 17.7. The maximum Gasteiger partial charge on any atom is 0.123 e. The van der Waals surface area contributed by atoms with E-state index in [0.29, 0.717) is 0 Å². The molecular weight excluding hydrogens is 351 g/mol. The lowest BCUT2D eigenvalue weighted by Gasteiger charge is -2.34. The number of halogens is 1. The lowest BCUT2D eigenvalue weighted by molar-refractivity contribution is 0.153. The molecule has 0 atom stereocenters. The fourth-order valence-electron chi connectivity index (χ4n) is 4.23. The van der Waals surface area contributed by atoms with Gasteiger partial charge in [0.2, 0.25) is 0 Å². The monoisotopic (exact) mass is 386 g/mol. The van der Waals surface area contributed by atoms with Crippen LogP contribution in [0.2, 0.25) is 0 Å². The first-order valence-corrected chi connectivity index (χ1v) is 10.7. The summed E-state index contributed by atoms with van der Waals surface area (Å²) in [6.07, 6.45) is 6.77. The van der Waals surface area contributed by atoms with Crippen LogP contribution < -0.4 is 0 Å². The van der Waals surface area contributed by atoms with Gasteiger partial charge < -0.3 is 9.80 Å². The van der Waals surface area contributed by atoms with E-state index in [9.17, 15) is 4.39 Å². The molecule has 1 aliphatic rings. The van der Waals surface area contributed by atoms with Crippen LogP contribution in [0, 0.1) is 18.7 Å². The minimum absolute atomic E-state index is 0.130. The van der Waals surface area contributed by atoms with Crippen LogP contribution in [0.1, 0.15) is 43.0 Å². The van der Waals surface area contributed by atoms with Gasteiger partial charge in [-0.15, -0.1) is 0 Å². The number of hydrogen-bond acceptors (Lipinski definition) is 3. The van der Waals surface area contributed by atoms with Crippen LogP contribution in [0.25, 0.3) is 0 Å². The van der Waals surface area contributed by atoms with E-state index in [0.717, 1.165) is 69.3 Å². The molecule has 0 spiro atoms. The highest BCUT2D eigenvalue weighted by atomic mass is 19.1. The van der Waals surface area contributed by atoms with Gasteiger partial charge in [-0.3, -0.25) is 4.68 Å². The van der Waals surface area contributed by atoms with Gasteiger partial charge in [0.1, 0.15) is 5.82 Å². The molecule has 0 saturated carbocycles. The number of hydrogen-bond donors (Lipinski definition) is 0. The molecule has 1 saturated heterocycles. The summed E-state index contributed by atoms with van der Waals surface area (Å²) in [5, 5.41) is 4.62. The Balaban J connectivity index is 1.39. The molecule has 154 valence electrons. The number of likely N-dealkylation sites (tertiary alicyclic amines) is 1. The smallest absolute Gasteiger partial charge is 0.123 e. The average Bonchev–Trinajstić information content (AvgIpc) is 3.00. The summed E-state index contributed by atoms with van der Waals surface area (Å²) in [4.78, 5) is 4.98. The van der Waals surface area contributed by atoms with Crippen molar-refractivity contribution in [3.63, 3.8) is 0 Å². The molecule has 0 N–H and O–H groups in total. The molecule has 3 rings (SSSR count). The van der Waals surface area contributed by atoms with Crippen LogP contribution in [0.4, 0.5) is 4.39 Å². The average molecular weight is 387 g/mol. The zero-order valence-electron chi connectivity index (χ0n) is 17.7. The predicted octanol–water partition coefficient (Wildman–Crippen LogP) is 4.13. The Morgan fingerprint density at radius 1 is 1.21 bits per heavy atom. The van der Waals surface area contributed by atoms with Gasteiger partial charge in [0.15, 0.2) is 0 Å². The highest BCUT2D eigenvalue weighted by Crippen LogP contribution is 2.20. The third-order valence-corrected chi connectivity index (χ3v) is 5.82. The van der Waals surface area contributed by atoms with Gasteiger partial charge in [-0.1, -0.05) is 19.1 Å². The number of piperidine rings is 1. The summed E-state index contributed by atoms with van der Waals surface area (Å²) in [6.45, 7) is 10.8. The molecule has 0 amide bonds. The van der Waals surface area contributed by atoms with Crippen LogP contribution in [0.15, 0.2) is 30.5 Å². The molecule has 1 aromatic carbocycles. The van der Waals surface area contributed by atoms with E-state index in [-0.39, 0.29) is 5.82 Å². The Bertz CT molecular complexity index is 734. The summed E-state index contributed by atoms with van der Waals surface area (Å²) >= 11 is 0. The first kappa shape index (κ1) is 21.0. The van der Waals surface area contributed by atoms with Crippen molar-refractivity contribution in [1.29, 1.82) is 0 Å². The molecule has 28 heavy (non-hydrogen) atoms. The van der Waals surface area contributed by atoms with Gasteiger partial charge in [0, 0.05) is 37.9 Å². The molecule has 0 bridgehead atoms. The quantitative estimate of drug-likeness (QED) is 0.648. The molecule has 0 unspecified atom stereocenters. The van der Waals surface area contributed by atoms with E-state index in [1.165, 1.54) is 24.5 Å². The molecule has 0 radical (unpaired) electrons. The number of aryl methyl sites for hydroxylation is 2. The van der Waals surface area contributed by atoms with Crippen LogP contribution in [-0.4, -0.2) is 52.8 Å².